The van der Waals surface area contributed by atoms with Crippen LogP contribution in [0, 0.1) is 0 Å². The quantitative estimate of drug-likeness (QED) is 0.459. The number of aromatic hydroxyl groups is 1. The molecule has 7 nitrogen and oxygen atoms in total. The van der Waals surface area contributed by atoms with E-state index >= 15 is 0 Å². The number of nitrogens with two attached hydrogens (primary N) is 1. The lowest BCUT2D eigenvalue weighted by atomic mass is 10.3. The third-order valence-electron chi connectivity index (χ3n) is 1.63. The molecule has 0 heterocycles. The van der Waals surface area contributed by atoms with Crippen molar-refractivity contribution in [3.05, 3.63) is 40.1 Å². The Morgan fingerprint density at radius 3 is 2.56 bits per heavy atom. The normalized spacial score (nSPS) is 9.25. The van der Waals surface area contributed by atoms with Gasteiger partial charge in [-0.1, -0.05) is 6.07 Å². The zero-order valence-electron chi connectivity index (χ0n) is 8.06. The predicted molar refractivity (Wildman–Crippen MR) is 54.6 cm³/mol. The highest BCUT2D eigenvalue weighted by Crippen LogP contribution is 2.00. The van der Waals surface area contributed by atoms with Gasteiger partial charge in [0.1, 0.15) is 0 Å². The second-order valence-corrected chi connectivity index (χ2v) is 2.82. The lowest BCUT2D eigenvalue weighted by molar-refractivity contribution is 0.0937. The van der Waals surface area contributed by atoms with Crippen molar-refractivity contribution in [2.45, 2.75) is 0 Å². The lowest BCUT2D eigenvalue weighted by Gasteiger charge is -2.02. The number of urea groups is 1. The summed E-state index contributed by atoms with van der Waals surface area (Å²) in [5.41, 5.74) is 7.85. The molecule has 5 N–H and O–H groups in total. The molecule has 1 aromatic carbocycles. The number of hydrogen-bond donors (Lipinski definition) is 4. The Kier molecular flexibility index (Phi) is 3.44. The first-order valence-corrected chi connectivity index (χ1v) is 4.20. The first kappa shape index (κ1) is 11.5. The average Bonchev–Trinajstić information content (AvgIpc) is 2.38. The summed E-state index contributed by atoms with van der Waals surface area (Å²) >= 11 is 0. The minimum atomic E-state index is -0.932. The molecule has 0 atom stereocenters. The van der Waals surface area contributed by atoms with Crippen LogP contribution in [0.15, 0.2) is 29.1 Å². The molecule has 16 heavy (non-hydrogen) atoms. The average molecular weight is 223 g/mol. The van der Waals surface area contributed by atoms with Gasteiger partial charge in [0.05, 0.1) is 0 Å². The zero-order valence-corrected chi connectivity index (χ0v) is 8.06. The third kappa shape index (κ3) is 2.98. The van der Waals surface area contributed by atoms with Crippen LogP contribution in [0.5, 0.6) is 5.75 Å². The van der Waals surface area contributed by atoms with Gasteiger partial charge in [0.25, 0.3) is 5.91 Å². The maximum Gasteiger partial charge on any atom is 0.330 e. The van der Waals surface area contributed by atoms with E-state index in [1.807, 2.05) is 10.9 Å². The van der Waals surface area contributed by atoms with E-state index in [0.29, 0.717) is 0 Å². The summed E-state index contributed by atoms with van der Waals surface area (Å²) in [5.74, 6) is -1.19. The summed E-state index contributed by atoms with van der Waals surface area (Å²) in [5, 5.41) is 9.07. The summed E-state index contributed by atoms with van der Waals surface area (Å²) in [6.45, 7) is 0. The maximum atomic E-state index is 11.3. The largest absolute Gasteiger partial charge is 0.504 e. The number of rotatable bonds is 1. The molecule has 0 aliphatic carbocycles. The molecule has 3 amide bonds. The molecule has 84 valence electrons. The molecular formula is C9H9N3O4. The van der Waals surface area contributed by atoms with E-state index in [0.717, 1.165) is 12.1 Å². The van der Waals surface area contributed by atoms with Crippen LogP contribution in [0.25, 0.3) is 0 Å². The molecule has 1 aromatic rings. The number of carbonyl (C=O) groups is 2. The minimum Gasteiger partial charge on any atom is -0.504 e. The summed E-state index contributed by atoms with van der Waals surface area (Å²) in [6.07, 6.45) is 0. The molecule has 0 fully saturated rings. The Balaban J connectivity index is 2.93. The van der Waals surface area contributed by atoms with Gasteiger partial charge in [0.2, 0.25) is 5.43 Å². The van der Waals surface area contributed by atoms with Crippen LogP contribution < -0.4 is 22.0 Å². The van der Waals surface area contributed by atoms with Gasteiger partial charge in [-0.25, -0.2) is 10.2 Å². The van der Waals surface area contributed by atoms with Crippen LogP contribution in [-0.4, -0.2) is 17.0 Å². The number of carbonyl (C=O) groups excluding carboxylic acids is 2. The highest BCUT2D eigenvalue weighted by atomic mass is 16.3. The fraction of sp³-hybridized carbons (Fsp3) is 0. The lowest BCUT2D eigenvalue weighted by Crippen LogP contribution is -2.44. The Morgan fingerprint density at radius 2 is 1.94 bits per heavy atom. The second kappa shape index (κ2) is 4.78. The van der Waals surface area contributed by atoms with Crippen LogP contribution in [0.4, 0.5) is 4.79 Å². The summed E-state index contributed by atoms with van der Waals surface area (Å²) < 4.78 is 0. The first-order valence-electron chi connectivity index (χ1n) is 4.20. The predicted octanol–water partition coefficient (Wildman–Crippen LogP) is -0.935. The molecule has 0 saturated carbocycles. The fourth-order valence-corrected chi connectivity index (χ4v) is 0.920. The van der Waals surface area contributed by atoms with Crippen molar-refractivity contribution >= 4 is 11.9 Å². The Labute approximate surface area is 89.9 Å². The van der Waals surface area contributed by atoms with Crippen molar-refractivity contribution in [1.82, 2.24) is 10.9 Å². The van der Waals surface area contributed by atoms with Crippen molar-refractivity contribution in [2.24, 2.45) is 5.73 Å². The Hall–Kier alpha value is -2.57. The second-order valence-electron chi connectivity index (χ2n) is 2.82. The van der Waals surface area contributed by atoms with E-state index in [4.69, 9.17) is 10.8 Å². The van der Waals surface area contributed by atoms with Gasteiger partial charge in [-0.3, -0.25) is 15.0 Å². The molecule has 0 unspecified atom stereocenters. The van der Waals surface area contributed by atoms with Gasteiger partial charge in [0, 0.05) is 11.6 Å². The standard InChI is InChI=1S/C9H9N3O4/c10-9(16)12-11-8(15)5-2-1-3-6(13)7(14)4-5/h1-4H,(H,11,15)(H,13,14)(H3,10,12,16). The molecule has 0 bridgehead atoms. The molecule has 0 aliphatic heterocycles. The fourth-order valence-electron chi connectivity index (χ4n) is 0.920. The summed E-state index contributed by atoms with van der Waals surface area (Å²) in [7, 11) is 0. The summed E-state index contributed by atoms with van der Waals surface area (Å²) in [4.78, 5) is 32.8. The first-order chi connectivity index (χ1) is 7.50. The number of amides is 3. The zero-order chi connectivity index (χ0) is 12.1. The van der Waals surface area contributed by atoms with Crippen molar-refractivity contribution in [3.8, 4) is 5.75 Å². The van der Waals surface area contributed by atoms with E-state index in [1.54, 1.807) is 0 Å². The van der Waals surface area contributed by atoms with Gasteiger partial charge < -0.3 is 10.8 Å². The topological polar surface area (TPSA) is 122 Å². The highest BCUT2D eigenvalue weighted by Gasteiger charge is 2.06. The van der Waals surface area contributed by atoms with Crippen LogP contribution >= 0.6 is 0 Å². The molecule has 0 aliphatic rings. The van der Waals surface area contributed by atoms with E-state index in [2.05, 4.69) is 0 Å². The van der Waals surface area contributed by atoms with E-state index in [1.165, 1.54) is 12.1 Å². The van der Waals surface area contributed by atoms with Crippen molar-refractivity contribution in [2.75, 3.05) is 0 Å². The van der Waals surface area contributed by atoms with Crippen molar-refractivity contribution in [1.29, 1.82) is 0 Å². The number of hydrazine groups is 1. The number of primary amides is 1. The Bertz CT molecular complexity index is 486. The van der Waals surface area contributed by atoms with Crippen molar-refractivity contribution < 1.29 is 14.7 Å². The molecule has 1 rings (SSSR count). The SMILES string of the molecule is NC(=O)NNC(=O)c1cccc(O)c(=O)c1. The molecule has 7 heteroatoms. The van der Waals surface area contributed by atoms with Crippen molar-refractivity contribution in [3.63, 3.8) is 0 Å². The number of nitrogens with one attached hydrogen (secondary N) is 2. The van der Waals surface area contributed by atoms with E-state index < -0.39 is 23.1 Å². The molecule has 0 radical (unpaired) electrons. The van der Waals surface area contributed by atoms with Crippen LogP contribution in [-0.2, 0) is 0 Å². The molecular weight excluding hydrogens is 214 g/mol. The van der Waals surface area contributed by atoms with Gasteiger partial charge >= 0.3 is 6.03 Å². The number of hydrogen-bond acceptors (Lipinski definition) is 4. The van der Waals surface area contributed by atoms with Crippen LogP contribution in [0.2, 0.25) is 0 Å². The molecule has 0 aromatic heterocycles. The monoisotopic (exact) mass is 223 g/mol. The van der Waals surface area contributed by atoms with E-state index in [9.17, 15) is 14.4 Å². The molecule has 0 spiro atoms. The minimum absolute atomic E-state index is 0.0148. The highest BCUT2D eigenvalue weighted by molar-refractivity contribution is 5.94. The Morgan fingerprint density at radius 1 is 1.25 bits per heavy atom. The maximum absolute atomic E-state index is 11.3. The van der Waals surface area contributed by atoms with Gasteiger partial charge in [-0.05, 0) is 12.1 Å². The molecule has 0 saturated heterocycles. The van der Waals surface area contributed by atoms with Crippen LogP contribution in [0.1, 0.15) is 10.4 Å². The third-order valence-corrected chi connectivity index (χ3v) is 1.63. The van der Waals surface area contributed by atoms with Gasteiger partial charge in [0.15, 0.2) is 5.75 Å². The summed E-state index contributed by atoms with van der Waals surface area (Å²) in [6, 6.07) is 3.79. The van der Waals surface area contributed by atoms with Crippen LogP contribution in [0.3, 0.4) is 0 Å². The smallest absolute Gasteiger partial charge is 0.330 e. The van der Waals surface area contributed by atoms with Gasteiger partial charge in [-0.2, -0.15) is 0 Å². The van der Waals surface area contributed by atoms with Gasteiger partial charge in [-0.15, -0.1) is 0 Å². The van der Waals surface area contributed by atoms with E-state index in [-0.39, 0.29) is 5.56 Å².